The molecule has 3 unspecified atom stereocenters. The van der Waals surface area contributed by atoms with E-state index < -0.39 is 34.3 Å². The first-order valence-corrected chi connectivity index (χ1v) is 14.6. The van der Waals surface area contributed by atoms with Gasteiger partial charge in [-0.3, -0.25) is 23.7 Å². The molecule has 4 heterocycles. The molecule has 0 bridgehead atoms. The molecule has 216 valence electrons. The van der Waals surface area contributed by atoms with Gasteiger partial charge < -0.3 is 24.5 Å². The van der Waals surface area contributed by atoms with E-state index in [4.69, 9.17) is 16.3 Å². The monoisotopic (exact) mass is 580 g/mol. The second-order valence-electron chi connectivity index (χ2n) is 12.8. The second kappa shape index (κ2) is 8.82. The molecule has 0 radical (unpaired) electrons. The van der Waals surface area contributed by atoms with E-state index in [9.17, 15) is 24.3 Å². The van der Waals surface area contributed by atoms with Gasteiger partial charge in [-0.15, -0.1) is 0 Å². The summed E-state index contributed by atoms with van der Waals surface area (Å²) >= 11 is 6.29. The van der Waals surface area contributed by atoms with E-state index in [1.807, 2.05) is 32.9 Å². The molecule has 10 nitrogen and oxygen atoms in total. The van der Waals surface area contributed by atoms with Gasteiger partial charge in [-0.25, -0.2) is 0 Å². The standard InChI is InChI=1S/C30H33ClN4O6/c1-16-4-5-17(10-21(16)31)12-32-9-7-19-23(26(32)38)25(37)28(40)35-24(19)27(39)33(30(35)8-6-18-11-20(18)30)13-22(36)34-15-41-14-29(34,2)3/h4-5,10,18,20,37H,6-9,11-15H2,1-3H3. The number of halogens is 1. The van der Waals surface area contributed by atoms with Crippen LogP contribution in [0.25, 0.3) is 0 Å². The number of pyridine rings is 1. The highest BCUT2D eigenvalue weighted by atomic mass is 35.5. The van der Waals surface area contributed by atoms with Crippen molar-refractivity contribution >= 4 is 29.3 Å². The van der Waals surface area contributed by atoms with Gasteiger partial charge in [0.1, 0.15) is 24.6 Å². The van der Waals surface area contributed by atoms with Crippen molar-refractivity contribution in [3.05, 3.63) is 61.5 Å². The van der Waals surface area contributed by atoms with Crippen LogP contribution in [0.1, 0.15) is 70.6 Å². The molecule has 3 amide bonds. The van der Waals surface area contributed by atoms with Crippen molar-refractivity contribution < 1.29 is 24.2 Å². The largest absolute Gasteiger partial charge is 0.502 e. The summed E-state index contributed by atoms with van der Waals surface area (Å²) in [5, 5.41) is 11.9. The highest BCUT2D eigenvalue weighted by molar-refractivity contribution is 6.31. The lowest BCUT2D eigenvalue weighted by atomic mass is 9.95. The molecule has 2 saturated carbocycles. The van der Waals surface area contributed by atoms with E-state index in [-0.39, 0.29) is 42.9 Å². The Morgan fingerprint density at radius 3 is 2.61 bits per heavy atom. The van der Waals surface area contributed by atoms with Crippen molar-refractivity contribution in [1.29, 1.82) is 0 Å². The van der Waals surface area contributed by atoms with Crippen LogP contribution in [0, 0.1) is 18.8 Å². The van der Waals surface area contributed by atoms with Gasteiger partial charge in [0, 0.05) is 29.6 Å². The number of nitrogens with zero attached hydrogens (tertiary/aromatic N) is 4. The zero-order chi connectivity index (χ0) is 29.0. The quantitative estimate of drug-likeness (QED) is 0.595. The smallest absolute Gasteiger partial charge is 0.296 e. The minimum absolute atomic E-state index is 0.0283. The van der Waals surface area contributed by atoms with E-state index in [0.717, 1.165) is 24.0 Å². The van der Waals surface area contributed by atoms with Gasteiger partial charge in [0.25, 0.3) is 17.4 Å². The number of carbonyl (C=O) groups excluding carboxylic acids is 3. The molecular formula is C30H33ClN4O6. The van der Waals surface area contributed by atoms with Crippen LogP contribution >= 0.6 is 11.6 Å². The molecule has 5 aliphatic rings. The fourth-order valence-electron chi connectivity index (χ4n) is 7.62. The number of carbonyl (C=O) groups is 3. The van der Waals surface area contributed by atoms with E-state index >= 15 is 0 Å². The molecule has 7 rings (SSSR count). The van der Waals surface area contributed by atoms with E-state index in [2.05, 4.69) is 0 Å². The first-order chi connectivity index (χ1) is 19.5. The van der Waals surface area contributed by atoms with Crippen LogP contribution in [-0.4, -0.2) is 74.1 Å². The van der Waals surface area contributed by atoms with Crippen LogP contribution in [0.15, 0.2) is 23.0 Å². The number of hydrogen-bond acceptors (Lipinski definition) is 6. The Kier molecular flexibility index (Phi) is 5.70. The molecule has 41 heavy (non-hydrogen) atoms. The fraction of sp³-hybridized carbons (Fsp3) is 0.533. The maximum Gasteiger partial charge on any atom is 0.296 e. The van der Waals surface area contributed by atoms with Gasteiger partial charge in [-0.2, -0.15) is 0 Å². The number of fused-ring (bicyclic) bond motifs is 6. The normalized spacial score (nSPS) is 27.5. The van der Waals surface area contributed by atoms with E-state index in [1.54, 1.807) is 20.8 Å². The van der Waals surface area contributed by atoms with Crippen molar-refractivity contribution in [3.63, 3.8) is 0 Å². The van der Waals surface area contributed by atoms with E-state index in [0.29, 0.717) is 42.5 Å². The summed E-state index contributed by atoms with van der Waals surface area (Å²) < 4.78 is 6.99. The number of amides is 3. The van der Waals surface area contributed by atoms with Crippen LogP contribution in [-0.2, 0) is 28.2 Å². The maximum absolute atomic E-state index is 14.3. The molecule has 2 aromatic rings. The summed E-state index contributed by atoms with van der Waals surface area (Å²) in [4.78, 5) is 60.2. The lowest BCUT2D eigenvalue weighted by Crippen LogP contribution is -2.55. The number of aromatic nitrogens is 1. The van der Waals surface area contributed by atoms with Crippen molar-refractivity contribution in [3.8, 4) is 5.75 Å². The highest BCUT2D eigenvalue weighted by Crippen LogP contribution is 2.64. The molecular weight excluding hydrogens is 548 g/mol. The fourth-order valence-corrected chi connectivity index (χ4v) is 7.83. The first-order valence-electron chi connectivity index (χ1n) is 14.2. The summed E-state index contributed by atoms with van der Waals surface area (Å²) in [6, 6.07) is 5.58. The average Bonchev–Trinajstić information content (AvgIpc) is 3.41. The van der Waals surface area contributed by atoms with Gasteiger partial charge in [0.15, 0.2) is 5.75 Å². The lowest BCUT2D eigenvalue weighted by Gasteiger charge is -2.39. The minimum Gasteiger partial charge on any atom is -0.502 e. The maximum atomic E-state index is 14.3. The topological polar surface area (TPSA) is 112 Å². The van der Waals surface area contributed by atoms with Crippen LogP contribution in [0.5, 0.6) is 5.75 Å². The van der Waals surface area contributed by atoms with Gasteiger partial charge >= 0.3 is 0 Å². The van der Waals surface area contributed by atoms with Crippen molar-refractivity contribution in [2.75, 3.05) is 26.4 Å². The van der Waals surface area contributed by atoms with Crippen LogP contribution in [0.2, 0.25) is 5.02 Å². The Balaban J connectivity index is 1.29. The van der Waals surface area contributed by atoms with Gasteiger partial charge in [0.2, 0.25) is 5.91 Å². The van der Waals surface area contributed by atoms with E-state index in [1.165, 1.54) is 4.57 Å². The van der Waals surface area contributed by atoms with Crippen molar-refractivity contribution in [2.24, 2.45) is 11.8 Å². The Hall–Kier alpha value is -3.37. The Labute approximate surface area is 242 Å². The van der Waals surface area contributed by atoms with Gasteiger partial charge in [0.05, 0.1) is 17.7 Å². The Morgan fingerprint density at radius 2 is 1.98 bits per heavy atom. The molecule has 3 atom stereocenters. The second-order valence-corrected chi connectivity index (χ2v) is 13.2. The number of hydrogen-bond donors (Lipinski definition) is 1. The SMILES string of the molecule is Cc1ccc(CN2CCc3c(c(O)c(=O)n4c3C(=O)N(CC(=O)N3COCC3(C)C)C43CCC4CC43)C2=O)cc1Cl. The van der Waals surface area contributed by atoms with Crippen molar-refractivity contribution in [2.45, 2.75) is 64.2 Å². The molecule has 3 fully saturated rings. The third kappa shape index (κ3) is 3.65. The van der Waals surface area contributed by atoms with Gasteiger partial charge in [-0.05, 0) is 69.6 Å². The predicted molar refractivity (Wildman–Crippen MR) is 149 cm³/mol. The van der Waals surface area contributed by atoms with Gasteiger partial charge in [-0.1, -0.05) is 23.7 Å². The lowest BCUT2D eigenvalue weighted by molar-refractivity contribution is -0.138. The summed E-state index contributed by atoms with van der Waals surface area (Å²) in [6.45, 7) is 6.65. The summed E-state index contributed by atoms with van der Waals surface area (Å²) in [5.74, 6) is -1.41. The summed E-state index contributed by atoms with van der Waals surface area (Å²) in [6.07, 6.45) is 2.51. The molecule has 3 aliphatic heterocycles. The Morgan fingerprint density at radius 1 is 1.20 bits per heavy atom. The summed E-state index contributed by atoms with van der Waals surface area (Å²) in [5.41, 5.74) is -0.0921. The minimum atomic E-state index is -1.01. The molecule has 1 spiro atoms. The third-order valence-corrected chi connectivity index (χ3v) is 10.3. The average molecular weight is 581 g/mol. The number of rotatable bonds is 4. The number of ether oxygens (including phenoxy) is 1. The number of aryl methyl sites for hydroxylation is 1. The van der Waals surface area contributed by atoms with Crippen LogP contribution < -0.4 is 5.56 Å². The molecule has 2 aliphatic carbocycles. The molecule has 1 aromatic carbocycles. The zero-order valence-corrected chi connectivity index (χ0v) is 24.2. The molecule has 11 heteroatoms. The zero-order valence-electron chi connectivity index (χ0n) is 23.4. The number of aromatic hydroxyl groups is 1. The summed E-state index contributed by atoms with van der Waals surface area (Å²) in [7, 11) is 0. The van der Waals surface area contributed by atoms with Crippen LogP contribution in [0.3, 0.4) is 0 Å². The van der Waals surface area contributed by atoms with Crippen LogP contribution in [0.4, 0.5) is 0 Å². The molecule has 1 saturated heterocycles. The predicted octanol–water partition coefficient (Wildman–Crippen LogP) is 2.85. The Bertz CT molecular complexity index is 1600. The first kappa shape index (κ1) is 26.5. The molecule has 1 aromatic heterocycles. The van der Waals surface area contributed by atoms with Crippen molar-refractivity contribution in [1.82, 2.24) is 19.3 Å². The third-order valence-electron chi connectivity index (χ3n) is 9.90. The number of benzene rings is 1. The highest BCUT2D eigenvalue weighted by Gasteiger charge is 2.67. The molecule has 1 N–H and O–H groups in total.